The predicted octanol–water partition coefficient (Wildman–Crippen LogP) is 2.07. The summed E-state index contributed by atoms with van der Waals surface area (Å²) in [6.07, 6.45) is 2.99. The molecule has 0 amide bonds. The molecule has 3 nitrogen and oxygen atoms in total. The van der Waals surface area contributed by atoms with Gasteiger partial charge in [-0.15, -0.1) is 0 Å². The van der Waals surface area contributed by atoms with E-state index in [1.54, 1.807) is 19.9 Å². The van der Waals surface area contributed by atoms with Crippen molar-refractivity contribution in [2.24, 2.45) is 17.3 Å². The second-order valence-corrected chi connectivity index (χ2v) is 6.89. The summed E-state index contributed by atoms with van der Waals surface area (Å²) in [4.78, 5) is 11.7. The van der Waals surface area contributed by atoms with Crippen LogP contribution in [0, 0.1) is 17.3 Å². The molecule has 0 bridgehead atoms. The highest BCUT2D eigenvalue weighted by molar-refractivity contribution is 5.92. The molecule has 0 unspecified atom stereocenters. The molecule has 2 aliphatic rings. The van der Waals surface area contributed by atoms with E-state index >= 15 is 0 Å². The SMILES string of the molecule is C[C@H]1CC(=O)C=C2[C@H](O)C[C@@H](C(C)(C)O)C[C@]21C. The summed E-state index contributed by atoms with van der Waals surface area (Å²) in [5.41, 5.74) is -0.0563. The van der Waals surface area contributed by atoms with Crippen LogP contribution in [0.5, 0.6) is 0 Å². The maximum Gasteiger partial charge on any atom is 0.156 e. The molecule has 0 heterocycles. The first-order valence-corrected chi connectivity index (χ1v) is 6.80. The van der Waals surface area contributed by atoms with Gasteiger partial charge in [-0.3, -0.25) is 4.79 Å². The molecular formula is C15H24O3. The maximum absolute atomic E-state index is 11.7. The Hall–Kier alpha value is -0.670. The van der Waals surface area contributed by atoms with Crippen molar-refractivity contribution in [2.75, 3.05) is 0 Å². The van der Waals surface area contributed by atoms with Crippen molar-refractivity contribution in [3.8, 4) is 0 Å². The smallest absolute Gasteiger partial charge is 0.156 e. The van der Waals surface area contributed by atoms with Crippen molar-refractivity contribution in [3.63, 3.8) is 0 Å². The summed E-state index contributed by atoms with van der Waals surface area (Å²) < 4.78 is 0. The number of hydrogen-bond donors (Lipinski definition) is 2. The van der Waals surface area contributed by atoms with Crippen LogP contribution in [0.2, 0.25) is 0 Å². The van der Waals surface area contributed by atoms with E-state index in [0.717, 1.165) is 12.0 Å². The summed E-state index contributed by atoms with van der Waals surface area (Å²) >= 11 is 0. The number of fused-ring (bicyclic) bond motifs is 1. The van der Waals surface area contributed by atoms with Crippen LogP contribution in [0.15, 0.2) is 11.6 Å². The van der Waals surface area contributed by atoms with Gasteiger partial charge < -0.3 is 10.2 Å². The summed E-state index contributed by atoms with van der Waals surface area (Å²) in [5, 5.41) is 20.5. The Bertz CT molecular complexity index is 391. The quantitative estimate of drug-likeness (QED) is 0.751. The monoisotopic (exact) mass is 252 g/mol. The molecule has 1 saturated carbocycles. The van der Waals surface area contributed by atoms with Gasteiger partial charge >= 0.3 is 0 Å². The van der Waals surface area contributed by atoms with E-state index in [2.05, 4.69) is 13.8 Å². The van der Waals surface area contributed by atoms with Crippen molar-refractivity contribution in [1.82, 2.24) is 0 Å². The zero-order valence-electron chi connectivity index (χ0n) is 11.7. The lowest BCUT2D eigenvalue weighted by molar-refractivity contribution is -0.118. The number of carbonyl (C=O) groups excluding carboxylic acids is 1. The van der Waals surface area contributed by atoms with E-state index in [4.69, 9.17) is 0 Å². The number of ketones is 1. The fourth-order valence-electron chi connectivity index (χ4n) is 3.53. The third-order valence-corrected chi connectivity index (χ3v) is 5.11. The molecule has 2 aliphatic carbocycles. The Morgan fingerprint density at radius 2 is 2.06 bits per heavy atom. The fourth-order valence-corrected chi connectivity index (χ4v) is 3.53. The standard InChI is InChI=1S/C15H24O3/c1-9-5-11(16)7-12-13(17)6-10(14(2,3)18)8-15(9,12)4/h7,9-10,13,17-18H,5-6,8H2,1-4H3/t9-,10+,13+,15-/m0/s1. The summed E-state index contributed by atoms with van der Waals surface area (Å²) in [7, 11) is 0. The van der Waals surface area contributed by atoms with Gasteiger partial charge in [-0.25, -0.2) is 0 Å². The largest absolute Gasteiger partial charge is 0.390 e. The molecule has 0 aromatic heterocycles. The van der Waals surface area contributed by atoms with E-state index in [1.165, 1.54) is 0 Å². The Kier molecular flexibility index (Phi) is 3.19. The highest BCUT2D eigenvalue weighted by atomic mass is 16.3. The van der Waals surface area contributed by atoms with Crippen LogP contribution >= 0.6 is 0 Å². The van der Waals surface area contributed by atoms with E-state index < -0.39 is 11.7 Å². The Morgan fingerprint density at radius 1 is 1.44 bits per heavy atom. The lowest BCUT2D eigenvalue weighted by Gasteiger charge is -2.51. The predicted molar refractivity (Wildman–Crippen MR) is 70.0 cm³/mol. The molecule has 0 radical (unpaired) electrons. The number of allylic oxidation sites excluding steroid dienone is 1. The van der Waals surface area contributed by atoms with E-state index in [-0.39, 0.29) is 23.0 Å². The normalized spacial score (nSPS) is 41.3. The first-order valence-electron chi connectivity index (χ1n) is 6.80. The van der Waals surface area contributed by atoms with Crippen LogP contribution in [0.3, 0.4) is 0 Å². The maximum atomic E-state index is 11.7. The Balaban J connectivity index is 2.38. The van der Waals surface area contributed by atoms with Crippen LogP contribution in [-0.2, 0) is 4.79 Å². The molecule has 1 fully saturated rings. The highest BCUT2D eigenvalue weighted by Gasteiger charge is 2.49. The summed E-state index contributed by atoms with van der Waals surface area (Å²) in [5.74, 6) is 0.422. The molecule has 2 N–H and O–H groups in total. The van der Waals surface area contributed by atoms with Crippen LogP contribution < -0.4 is 0 Å². The molecule has 0 spiro atoms. The first-order chi connectivity index (χ1) is 8.14. The van der Waals surface area contributed by atoms with Crippen LogP contribution in [0.25, 0.3) is 0 Å². The number of carbonyl (C=O) groups is 1. The van der Waals surface area contributed by atoms with Gasteiger partial charge in [0.05, 0.1) is 11.7 Å². The van der Waals surface area contributed by atoms with Crippen LogP contribution in [0.1, 0.15) is 47.0 Å². The average molecular weight is 252 g/mol. The molecule has 0 aliphatic heterocycles. The number of aliphatic hydroxyl groups excluding tert-OH is 1. The number of hydrogen-bond acceptors (Lipinski definition) is 3. The van der Waals surface area contributed by atoms with Gasteiger partial charge in [0.15, 0.2) is 5.78 Å². The Morgan fingerprint density at radius 3 is 2.61 bits per heavy atom. The molecule has 3 heteroatoms. The van der Waals surface area contributed by atoms with Crippen molar-refractivity contribution < 1.29 is 15.0 Å². The van der Waals surface area contributed by atoms with Gasteiger partial charge in [-0.2, -0.15) is 0 Å². The molecule has 4 atom stereocenters. The van der Waals surface area contributed by atoms with Crippen molar-refractivity contribution in [3.05, 3.63) is 11.6 Å². The molecule has 18 heavy (non-hydrogen) atoms. The average Bonchev–Trinajstić information content (AvgIpc) is 2.20. The lowest BCUT2D eigenvalue weighted by Crippen LogP contribution is -2.49. The highest BCUT2D eigenvalue weighted by Crippen LogP contribution is 2.53. The van der Waals surface area contributed by atoms with E-state index in [1.807, 2.05) is 0 Å². The fraction of sp³-hybridized carbons (Fsp3) is 0.800. The topological polar surface area (TPSA) is 57.5 Å². The van der Waals surface area contributed by atoms with E-state index in [9.17, 15) is 15.0 Å². The molecule has 0 aromatic rings. The second-order valence-electron chi connectivity index (χ2n) is 6.89. The van der Waals surface area contributed by atoms with Crippen LogP contribution in [-0.4, -0.2) is 27.7 Å². The van der Waals surface area contributed by atoms with Crippen molar-refractivity contribution >= 4 is 5.78 Å². The van der Waals surface area contributed by atoms with Gasteiger partial charge in [0, 0.05) is 6.42 Å². The molecule has 0 aromatic carbocycles. The minimum atomic E-state index is -0.781. The van der Waals surface area contributed by atoms with Crippen molar-refractivity contribution in [1.29, 1.82) is 0 Å². The van der Waals surface area contributed by atoms with Crippen LogP contribution in [0.4, 0.5) is 0 Å². The molecule has 2 rings (SSSR count). The van der Waals surface area contributed by atoms with Gasteiger partial charge in [0.2, 0.25) is 0 Å². The minimum Gasteiger partial charge on any atom is -0.390 e. The second kappa shape index (κ2) is 4.17. The van der Waals surface area contributed by atoms with Gasteiger partial charge in [0.25, 0.3) is 0 Å². The van der Waals surface area contributed by atoms with Gasteiger partial charge in [-0.05, 0) is 55.6 Å². The molecular weight excluding hydrogens is 228 g/mol. The zero-order valence-corrected chi connectivity index (χ0v) is 11.7. The zero-order chi connectivity index (χ0) is 13.7. The first kappa shape index (κ1) is 13.8. The third kappa shape index (κ3) is 2.14. The van der Waals surface area contributed by atoms with Gasteiger partial charge in [-0.1, -0.05) is 13.8 Å². The number of aliphatic hydroxyl groups is 2. The summed E-state index contributed by atoms with van der Waals surface area (Å²) in [6, 6.07) is 0. The molecule has 102 valence electrons. The van der Waals surface area contributed by atoms with Gasteiger partial charge in [0.1, 0.15) is 0 Å². The Labute approximate surface area is 109 Å². The van der Waals surface area contributed by atoms with E-state index in [0.29, 0.717) is 12.8 Å². The number of rotatable bonds is 1. The lowest BCUT2D eigenvalue weighted by atomic mass is 9.55. The minimum absolute atomic E-state index is 0.0744. The van der Waals surface area contributed by atoms with Crippen molar-refractivity contribution in [2.45, 2.75) is 58.7 Å². The summed E-state index contributed by atoms with van der Waals surface area (Å²) in [6.45, 7) is 7.81. The molecule has 0 saturated heterocycles. The third-order valence-electron chi connectivity index (χ3n) is 5.11.